The summed E-state index contributed by atoms with van der Waals surface area (Å²) in [5.74, 6) is -1.04. The molecule has 0 aliphatic carbocycles. The number of pyridine rings is 1. The Balaban J connectivity index is 2.10. The van der Waals surface area contributed by atoms with Crippen LogP contribution in [0.1, 0.15) is 17.3 Å². The lowest BCUT2D eigenvalue weighted by atomic mass is 10.1. The van der Waals surface area contributed by atoms with E-state index in [1.807, 2.05) is 11.5 Å². The molecule has 2 aromatic heterocycles. The molecule has 0 fully saturated rings. The number of sulfonamides is 1. The van der Waals surface area contributed by atoms with E-state index in [0.29, 0.717) is 17.5 Å². The van der Waals surface area contributed by atoms with Gasteiger partial charge in [0, 0.05) is 43.8 Å². The van der Waals surface area contributed by atoms with Gasteiger partial charge in [-0.3, -0.25) is 9.78 Å². The highest BCUT2D eigenvalue weighted by molar-refractivity contribution is 7.89. The molecule has 0 aliphatic heterocycles. The first-order chi connectivity index (χ1) is 12.7. The van der Waals surface area contributed by atoms with E-state index >= 15 is 0 Å². The molecule has 0 radical (unpaired) electrons. The lowest BCUT2D eigenvalue weighted by Gasteiger charge is -2.12. The van der Waals surface area contributed by atoms with Crippen LogP contribution in [-0.2, 0) is 16.6 Å². The summed E-state index contributed by atoms with van der Waals surface area (Å²) in [6, 6.07) is 5.83. The predicted octanol–water partition coefficient (Wildman–Crippen LogP) is 2.70. The van der Waals surface area contributed by atoms with Crippen molar-refractivity contribution in [2.45, 2.75) is 18.4 Å². The van der Waals surface area contributed by atoms with Crippen LogP contribution in [0.2, 0.25) is 0 Å². The van der Waals surface area contributed by atoms with Crippen LogP contribution in [-0.4, -0.2) is 42.3 Å². The van der Waals surface area contributed by atoms with Gasteiger partial charge in [-0.2, -0.15) is 0 Å². The SMILES string of the molecule is CCn1cc(C(=O)Nc2cncc(F)c2)c2cc(S(=O)(=O)N(C)C)ccc21. The van der Waals surface area contributed by atoms with Crippen molar-refractivity contribution in [1.82, 2.24) is 13.9 Å². The Bertz CT molecular complexity index is 1120. The Labute approximate surface area is 156 Å². The van der Waals surface area contributed by atoms with E-state index in [2.05, 4.69) is 10.3 Å². The zero-order valence-corrected chi connectivity index (χ0v) is 15.9. The Morgan fingerprint density at radius 3 is 2.63 bits per heavy atom. The van der Waals surface area contributed by atoms with Crippen LogP contribution in [0.4, 0.5) is 10.1 Å². The van der Waals surface area contributed by atoms with E-state index in [0.717, 1.165) is 22.1 Å². The molecule has 9 heteroatoms. The van der Waals surface area contributed by atoms with Crippen LogP contribution < -0.4 is 5.32 Å². The van der Waals surface area contributed by atoms with E-state index < -0.39 is 21.7 Å². The van der Waals surface area contributed by atoms with Gasteiger partial charge in [0.2, 0.25) is 10.0 Å². The third-order valence-electron chi connectivity index (χ3n) is 4.18. The summed E-state index contributed by atoms with van der Waals surface area (Å²) in [5.41, 5.74) is 1.25. The van der Waals surface area contributed by atoms with Crippen molar-refractivity contribution >= 4 is 32.5 Å². The molecule has 0 unspecified atom stereocenters. The first kappa shape index (κ1) is 19.0. The maximum Gasteiger partial charge on any atom is 0.257 e. The summed E-state index contributed by atoms with van der Waals surface area (Å²) in [5, 5.41) is 3.10. The number of anilines is 1. The number of halogens is 1. The molecule has 27 heavy (non-hydrogen) atoms. The fourth-order valence-corrected chi connectivity index (χ4v) is 3.70. The lowest BCUT2D eigenvalue weighted by Crippen LogP contribution is -2.22. The van der Waals surface area contributed by atoms with Crippen molar-refractivity contribution in [3.63, 3.8) is 0 Å². The van der Waals surface area contributed by atoms with E-state index in [-0.39, 0.29) is 10.6 Å². The minimum absolute atomic E-state index is 0.0929. The molecule has 3 aromatic rings. The third kappa shape index (κ3) is 3.56. The fraction of sp³-hybridized carbons (Fsp3) is 0.222. The second-order valence-corrected chi connectivity index (χ2v) is 8.29. The quantitative estimate of drug-likeness (QED) is 0.726. The Morgan fingerprint density at radius 2 is 2.00 bits per heavy atom. The summed E-state index contributed by atoms with van der Waals surface area (Å²) < 4.78 is 41.1. The number of aromatic nitrogens is 2. The van der Waals surface area contributed by atoms with Gasteiger partial charge in [-0.1, -0.05) is 0 Å². The Morgan fingerprint density at radius 1 is 1.26 bits per heavy atom. The fourth-order valence-electron chi connectivity index (χ4n) is 2.77. The molecule has 3 rings (SSSR count). The van der Waals surface area contributed by atoms with E-state index in [1.54, 1.807) is 12.3 Å². The van der Waals surface area contributed by atoms with E-state index in [9.17, 15) is 17.6 Å². The van der Waals surface area contributed by atoms with Crippen molar-refractivity contribution < 1.29 is 17.6 Å². The average Bonchev–Trinajstić information content (AvgIpc) is 2.99. The molecule has 0 spiro atoms. The van der Waals surface area contributed by atoms with Gasteiger partial charge in [-0.25, -0.2) is 17.1 Å². The summed E-state index contributed by atoms with van der Waals surface area (Å²) in [6.07, 6.45) is 4.03. The van der Waals surface area contributed by atoms with Crippen molar-refractivity contribution in [2.75, 3.05) is 19.4 Å². The number of nitrogens with zero attached hydrogens (tertiary/aromatic N) is 3. The number of rotatable bonds is 5. The monoisotopic (exact) mass is 390 g/mol. The largest absolute Gasteiger partial charge is 0.347 e. The average molecular weight is 390 g/mol. The van der Waals surface area contributed by atoms with Crippen LogP contribution in [0, 0.1) is 5.82 Å². The first-order valence-electron chi connectivity index (χ1n) is 8.21. The van der Waals surface area contributed by atoms with Gasteiger partial charge in [0.1, 0.15) is 5.82 Å². The molecule has 0 aliphatic rings. The molecule has 7 nitrogen and oxygen atoms in total. The molecular weight excluding hydrogens is 371 g/mol. The zero-order valence-electron chi connectivity index (χ0n) is 15.1. The molecule has 0 saturated carbocycles. The van der Waals surface area contributed by atoms with Gasteiger partial charge in [-0.15, -0.1) is 0 Å². The second-order valence-electron chi connectivity index (χ2n) is 6.14. The predicted molar refractivity (Wildman–Crippen MR) is 101 cm³/mol. The van der Waals surface area contributed by atoms with Crippen molar-refractivity contribution in [3.8, 4) is 0 Å². The topological polar surface area (TPSA) is 84.3 Å². The highest BCUT2D eigenvalue weighted by Crippen LogP contribution is 2.26. The number of hydrogen-bond donors (Lipinski definition) is 1. The number of amides is 1. The minimum atomic E-state index is -3.64. The number of nitrogens with one attached hydrogen (secondary N) is 1. The maximum atomic E-state index is 13.3. The molecular formula is C18H19FN4O3S. The molecule has 142 valence electrons. The summed E-state index contributed by atoms with van der Waals surface area (Å²) in [7, 11) is -0.749. The number of carbonyl (C=O) groups is 1. The third-order valence-corrected chi connectivity index (χ3v) is 5.99. The van der Waals surface area contributed by atoms with Gasteiger partial charge < -0.3 is 9.88 Å². The van der Waals surface area contributed by atoms with Crippen LogP contribution in [0.15, 0.2) is 47.8 Å². The normalized spacial score (nSPS) is 11.9. The zero-order chi connectivity index (χ0) is 19.8. The van der Waals surface area contributed by atoms with Crippen molar-refractivity contribution in [2.24, 2.45) is 0 Å². The van der Waals surface area contributed by atoms with Gasteiger partial charge >= 0.3 is 0 Å². The number of benzene rings is 1. The summed E-state index contributed by atoms with van der Waals surface area (Å²) >= 11 is 0. The van der Waals surface area contributed by atoms with Gasteiger partial charge in [0.05, 0.1) is 28.5 Å². The smallest absolute Gasteiger partial charge is 0.257 e. The van der Waals surface area contributed by atoms with E-state index in [4.69, 9.17) is 0 Å². The molecule has 1 amide bonds. The Kier molecular flexibility index (Phi) is 4.99. The highest BCUT2D eigenvalue weighted by atomic mass is 32.2. The highest BCUT2D eigenvalue weighted by Gasteiger charge is 2.21. The van der Waals surface area contributed by atoms with Gasteiger partial charge in [0.25, 0.3) is 5.91 Å². The minimum Gasteiger partial charge on any atom is -0.347 e. The van der Waals surface area contributed by atoms with Crippen LogP contribution >= 0.6 is 0 Å². The standard InChI is InChI=1S/C18H19FN4O3S/c1-4-23-11-16(18(24)21-13-7-12(19)9-20-10-13)15-8-14(5-6-17(15)23)27(25,26)22(2)3/h5-11H,4H2,1-3H3,(H,21,24). The first-order valence-corrected chi connectivity index (χ1v) is 9.65. The van der Waals surface area contributed by atoms with Gasteiger partial charge in [-0.05, 0) is 25.1 Å². The molecule has 1 N–H and O–H groups in total. The van der Waals surface area contributed by atoms with Crippen molar-refractivity contribution in [1.29, 1.82) is 0 Å². The Hall–Kier alpha value is -2.78. The molecule has 1 aromatic carbocycles. The number of fused-ring (bicyclic) bond motifs is 1. The maximum absolute atomic E-state index is 13.3. The number of carbonyl (C=O) groups excluding carboxylic acids is 1. The van der Waals surface area contributed by atoms with Crippen LogP contribution in [0.3, 0.4) is 0 Å². The van der Waals surface area contributed by atoms with Crippen LogP contribution in [0.25, 0.3) is 10.9 Å². The molecule has 0 bridgehead atoms. The van der Waals surface area contributed by atoms with Crippen LogP contribution in [0.5, 0.6) is 0 Å². The van der Waals surface area contributed by atoms with E-state index in [1.165, 1.54) is 32.4 Å². The summed E-state index contributed by atoms with van der Waals surface area (Å²) in [6.45, 7) is 2.52. The number of aryl methyl sites for hydroxylation is 1. The number of hydrogen-bond acceptors (Lipinski definition) is 4. The van der Waals surface area contributed by atoms with Gasteiger partial charge in [0.15, 0.2) is 0 Å². The molecule has 2 heterocycles. The molecule has 0 saturated heterocycles. The second kappa shape index (κ2) is 7.09. The van der Waals surface area contributed by atoms with Crippen molar-refractivity contribution in [3.05, 3.63) is 54.2 Å². The lowest BCUT2D eigenvalue weighted by molar-refractivity contribution is 0.102. The summed E-state index contributed by atoms with van der Waals surface area (Å²) in [4.78, 5) is 16.5. The molecule has 0 atom stereocenters.